The molecule has 0 heterocycles. The van der Waals surface area contributed by atoms with Crippen LogP contribution in [-0.2, 0) is 4.79 Å². The zero-order chi connectivity index (χ0) is 23.9. The Morgan fingerprint density at radius 3 is 2.09 bits per heavy atom. The largest absolute Gasteiger partial charge is 0.493 e. The van der Waals surface area contributed by atoms with Crippen molar-refractivity contribution in [3.63, 3.8) is 0 Å². The summed E-state index contributed by atoms with van der Waals surface area (Å²) in [4.78, 5) is 37.3. The van der Waals surface area contributed by atoms with E-state index in [4.69, 9.17) is 16.3 Å². The SMILES string of the molecule is CCCCCCN(CCCCCC)C(=O)CCCOc1ccc(Cl)c([N+](=O)[O-])c1C(C)=O. The van der Waals surface area contributed by atoms with Gasteiger partial charge in [0, 0.05) is 19.5 Å². The van der Waals surface area contributed by atoms with E-state index >= 15 is 0 Å². The molecule has 0 radical (unpaired) electrons. The molecule has 7 nitrogen and oxygen atoms in total. The predicted octanol–water partition coefficient (Wildman–Crippen LogP) is 6.60. The molecule has 8 heteroatoms. The van der Waals surface area contributed by atoms with E-state index < -0.39 is 16.4 Å². The van der Waals surface area contributed by atoms with E-state index in [0.29, 0.717) is 12.8 Å². The van der Waals surface area contributed by atoms with Gasteiger partial charge in [-0.3, -0.25) is 19.7 Å². The second kappa shape index (κ2) is 15.6. The first-order chi connectivity index (χ1) is 15.3. The van der Waals surface area contributed by atoms with Gasteiger partial charge in [0.1, 0.15) is 16.3 Å². The monoisotopic (exact) mass is 468 g/mol. The lowest BCUT2D eigenvalue weighted by Crippen LogP contribution is -2.33. The van der Waals surface area contributed by atoms with Crippen molar-refractivity contribution in [2.45, 2.75) is 85.0 Å². The highest BCUT2D eigenvalue weighted by molar-refractivity contribution is 6.33. The summed E-state index contributed by atoms with van der Waals surface area (Å²) in [6.45, 7) is 7.32. The quantitative estimate of drug-likeness (QED) is 0.111. The molecule has 0 aromatic heterocycles. The molecule has 0 atom stereocenters. The first kappa shape index (κ1) is 27.9. The molecule has 1 rings (SSSR count). The van der Waals surface area contributed by atoms with Crippen LogP contribution in [-0.4, -0.2) is 41.2 Å². The van der Waals surface area contributed by atoms with Gasteiger partial charge < -0.3 is 9.64 Å². The minimum absolute atomic E-state index is 0.107. The van der Waals surface area contributed by atoms with E-state index in [-0.39, 0.29) is 28.8 Å². The van der Waals surface area contributed by atoms with Crippen LogP contribution in [0.4, 0.5) is 5.69 Å². The van der Waals surface area contributed by atoms with Gasteiger partial charge in [-0.25, -0.2) is 0 Å². The molecule has 1 aromatic carbocycles. The molecule has 0 spiro atoms. The Balaban J connectivity index is 2.65. The molecule has 0 saturated heterocycles. The predicted molar refractivity (Wildman–Crippen MR) is 128 cm³/mol. The Morgan fingerprint density at radius 2 is 1.59 bits per heavy atom. The van der Waals surface area contributed by atoms with Gasteiger partial charge in [0.15, 0.2) is 5.78 Å². The highest BCUT2D eigenvalue weighted by Gasteiger charge is 2.26. The van der Waals surface area contributed by atoms with Crippen molar-refractivity contribution < 1.29 is 19.2 Å². The molecule has 0 saturated carbocycles. The Hall–Kier alpha value is -2.15. The fourth-order valence-electron chi connectivity index (χ4n) is 3.57. The Kier molecular flexibility index (Phi) is 13.6. The molecule has 0 aliphatic carbocycles. The number of ether oxygens (including phenoxy) is 1. The number of carbonyl (C=O) groups is 2. The number of nitro groups is 1. The summed E-state index contributed by atoms with van der Waals surface area (Å²) in [6.07, 6.45) is 9.76. The van der Waals surface area contributed by atoms with Gasteiger partial charge in [-0.15, -0.1) is 0 Å². The fourth-order valence-corrected chi connectivity index (χ4v) is 3.80. The second-order valence-electron chi connectivity index (χ2n) is 8.04. The van der Waals surface area contributed by atoms with Crippen molar-refractivity contribution in [3.05, 3.63) is 32.8 Å². The fraction of sp³-hybridized carbons (Fsp3) is 0.667. The number of hydrogen-bond donors (Lipinski definition) is 0. The van der Waals surface area contributed by atoms with E-state index in [9.17, 15) is 19.7 Å². The summed E-state index contributed by atoms with van der Waals surface area (Å²) in [6, 6.07) is 2.81. The molecule has 0 N–H and O–H groups in total. The number of unbranched alkanes of at least 4 members (excludes halogenated alkanes) is 6. The van der Waals surface area contributed by atoms with Crippen LogP contribution in [0.1, 0.15) is 95.3 Å². The van der Waals surface area contributed by atoms with Gasteiger partial charge in [-0.2, -0.15) is 0 Å². The molecule has 180 valence electrons. The maximum Gasteiger partial charge on any atom is 0.302 e. The molecular weight excluding hydrogens is 432 g/mol. The Labute approximate surface area is 196 Å². The van der Waals surface area contributed by atoms with Crippen LogP contribution < -0.4 is 4.74 Å². The summed E-state index contributed by atoms with van der Waals surface area (Å²) in [7, 11) is 0. The van der Waals surface area contributed by atoms with E-state index in [1.165, 1.54) is 31.9 Å². The van der Waals surface area contributed by atoms with Gasteiger partial charge in [-0.1, -0.05) is 64.0 Å². The van der Waals surface area contributed by atoms with Crippen LogP contribution in [0.3, 0.4) is 0 Å². The van der Waals surface area contributed by atoms with Crippen LogP contribution in [0.15, 0.2) is 12.1 Å². The summed E-state index contributed by atoms with van der Waals surface area (Å²) in [5.41, 5.74) is -0.583. The number of hydrogen-bond acceptors (Lipinski definition) is 5. The summed E-state index contributed by atoms with van der Waals surface area (Å²) in [5, 5.41) is 11.2. The zero-order valence-electron chi connectivity index (χ0n) is 19.7. The number of amides is 1. The lowest BCUT2D eigenvalue weighted by molar-refractivity contribution is -0.385. The minimum atomic E-state index is -0.676. The van der Waals surface area contributed by atoms with Gasteiger partial charge >= 0.3 is 5.69 Å². The minimum Gasteiger partial charge on any atom is -0.493 e. The van der Waals surface area contributed by atoms with Crippen molar-refractivity contribution in [2.24, 2.45) is 0 Å². The van der Waals surface area contributed by atoms with Crippen LogP contribution in [0.5, 0.6) is 5.75 Å². The first-order valence-electron chi connectivity index (χ1n) is 11.7. The number of ketones is 1. The Morgan fingerprint density at radius 1 is 1.00 bits per heavy atom. The molecular formula is C24H37ClN2O5. The smallest absolute Gasteiger partial charge is 0.302 e. The maximum atomic E-state index is 12.8. The number of carbonyl (C=O) groups excluding carboxylic acids is 2. The highest BCUT2D eigenvalue weighted by atomic mass is 35.5. The molecule has 0 bridgehead atoms. The maximum absolute atomic E-state index is 12.8. The topological polar surface area (TPSA) is 89.8 Å². The number of rotatable bonds is 17. The highest BCUT2D eigenvalue weighted by Crippen LogP contribution is 2.35. The van der Waals surface area contributed by atoms with Crippen LogP contribution in [0.2, 0.25) is 5.02 Å². The normalized spacial score (nSPS) is 10.8. The third-order valence-electron chi connectivity index (χ3n) is 5.33. The van der Waals surface area contributed by atoms with Crippen LogP contribution in [0.25, 0.3) is 0 Å². The van der Waals surface area contributed by atoms with Crippen molar-refractivity contribution in [1.82, 2.24) is 4.90 Å². The van der Waals surface area contributed by atoms with Crippen molar-refractivity contribution in [1.29, 1.82) is 0 Å². The molecule has 0 unspecified atom stereocenters. The average Bonchev–Trinajstić information content (AvgIpc) is 2.75. The number of benzene rings is 1. The molecule has 1 aromatic rings. The van der Waals surface area contributed by atoms with E-state index in [1.807, 2.05) is 4.90 Å². The summed E-state index contributed by atoms with van der Waals surface area (Å²) in [5.74, 6) is -0.261. The van der Waals surface area contributed by atoms with Gasteiger partial charge in [0.2, 0.25) is 5.91 Å². The molecule has 0 aliphatic heterocycles. The number of halogens is 1. The van der Waals surface area contributed by atoms with Gasteiger partial charge in [0.05, 0.1) is 11.5 Å². The van der Waals surface area contributed by atoms with Crippen LogP contribution >= 0.6 is 11.6 Å². The summed E-state index contributed by atoms with van der Waals surface area (Å²) >= 11 is 5.90. The second-order valence-corrected chi connectivity index (χ2v) is 8.44. The lowest BCUT2D eigenvalue weighted by atomic mass is 10.1. The average molecular weight is 469 g/mol. The molecule has 32 heavy (non-hydrogen) atoms. The number of nitrogens with zero attached hydrogens (tertiary/aromatic N) is 2. The third kappa shape index (κ3) is 9.55. The van der Waals surface area contributed by atoms with Gasteiger partial charge in [-0.05, 0) is 38.3 Å². The van der Waals surface area contributed by atoms with E-state index in [2.05, 4.69) is 13.8 Å². The van der Waals surface area contributed by atoms with E-state index in [1.54, 1.807) is 0 Å². The molecule has 0 fully saturated rings. The number of nitro benzene ring substituents is 1. The zero-order valence-corrected chi connectivity index (χ0v) is 20.4. The lowest BCUT2D eigenvalue weighted by Gasteiger charge is -2.23. The first-order valence-corrected chi connectivity index (χ1v) is 12.1. The van der Waals surface area contributed by atoms with E-state index in [0.717, 1.165) is 51.6 Å². The van der Waals surface area contributed by atoms with Crippen LogP contribution in [0, 0.1) is 10.1 Å². The molecule has 0 aliphatic rings. The Bertz CT molecular complexity index is 742. The van der Waals surface area contributed by atoms with Crippen molar-refractivity contribution in [3.8, 4) is 5.75 Å². The van der Waals surface area contributed by atoms with Crippen molar-refractivity contribution >= 4 is 29.0 Å². The van der Waals surface area contributed by atoms with Gasteiger partial charge in [0.25, 0.3) is 0 Å². The third-order valence-corrected chi connectivity index (χ3v) is 5.64. The summed E-state index contributed by atoms with van der Waals surface area (Å²) < 4.78 is 5.65. The number of Topliss-reactive ketones (excluding diaryl/α,β-unsaturated/α-hetero) is 1. The molecule has 1 amide bonds. The standard InChI is InChI=1S/C24H37ClN2O5/c1-4-6-8-10-16-26(17-11-9-7-5-2)22(29)13-12-18-32-21-15-14-20(25)24(27(30)31)23(21)19(3)28/h14-15H,4-13,16-18H2,1-3H3. The van der Waals surface area contributed by atoms with Crippen molar-refractivity contribution in [2.75, 3.05) is 19.7 Å².